The Hall–Kier alpha value is -8.53. The van der Waals surface area contributed by atoms with Gasteiger partial charge in [0, 0.05) is 33.9 Å². The van der Waals surface area contributed by atoms with Crippen LogP contribution in [0.25, 0.3) is 83.7 Å². The zero-order valence-corrected chi connectivity index (χ0v) is 35.2. The summed E-state index contributed by atoms with van der Waals surface area (Å²) in [6.07, 6.45) is 0. The van der Waals surface area contributed by atoms with Crippen molar-refractivity contribution in [2.24, 2.45) is 0 Å². The lowest BCUT2D eigenvalue weighted by Crippen LogP contribution is -2.10. The molecule has 0 saturated carbocycles. The van der Waals surface area contributed by atoms with Gasteiger partial charge in [-0.3, -0.25) is 4.57 Å². The minimum Gasteiger partial charge on any atom is -0.310 e. The van der Waals surface area contributed by atoms with Crippen molar-refractivity contribution in [2.75, 3.05) is 4.90 Å². The van der Waals surface area contributed by atoms with Crippen molar-refractivity contribution in [1.82, 2.24) is 9.55 Å². The number of imidazole rings is 1. The molecule has 64 heavy (non-hydrogen) atoms. The van der Waals surface area contributed by atoms with Gasteiger partial charge in [-0.2, -0.15) is 0 Å². The van der Waals surface area contributed by atoms with Gasteiger partial charge in [0.25, 0.3) is 0 Å². The average Bonchev–Trinajstić information content (AvgIpc) is 3.78. The monoisotopic (exact) mass is 817 g/mol. The van der Waals surface area contributed by atoms with E-state index < -0.39 is 0 Å². The molecule has 0 amide bonds. The Labute approximate surface area is 374 Å². The maximum absolute atomic E-state index is 5.23. The summed E-state index contributed by atoms with van der Waals surface area (Å²) in [7, 11) is 0. The standard InChI is InChI=1S/C61H43N3/c1-6-18-44(19-7-1)47-32-36-55(37-33-47)63(57-42-52(45-20-8-2-9-21-45)41-53(43-57)46-22-10-3-11-23-46)56-38-34-48(35-39-56)50-26-16-27-51(40-50)58-30-17-31-59-60(58)64(54-28-14-5-15-29-54)61(62-59)49-24-12-4-13-25-49/h1-43H. The molecule has 1 aromatic heterocycles. The summed E-state index contributed by atoms with van der Waals surface area (Å²) >= 11 is 0. The smallest absolute Gasteiger partial charge is 0.145 e. The SMILES string of the molecule is c1ccc(-c2ccc(N(c3ccc(-c4cccc(-c5cccc6nc(-c7ccccc7)n(-c7ccccc7)c56)c4)cc3)c3cc(-c4ccccc4)cc(-c4ccccc4)c3)cc2)cc1. The average molecular weight is 818 g/mol. The van der Waals surface area contributed by atoms with Gasteiger partial charge in [0.15, 0.2) is 0 Å². The fraction of sp³-hybridized carbons (Fsp3) is 0. The minimum absolute atomic E-state index is 0.922. The molecular formula is C61H43N3. The summed E-state index contributed by atoms with van der Waals surface area (Å²) < 4.78 is 2.30. The molecule has 0 fully saturated rings. The zero-order valence-electron chi connectivity index (χ0n) is 35.2. The summed E-state index contributed by atoms with van der Waals surface area (Å²) in [5.74, 6) is 0.922. The van der Waals surface area contributed by atoms with Crippen LogP contribution in [-0.4, -0.2) is 9.55 Å². The summed E-state index contributed by atoms with van der Waals surface area (Å²) in [5.41, 5.74) is 19.0. The number of anilines is 3. The van der Waals surface area contributed by atoms with Gasteiger partial charge in [-0.05, 0) is 117 Å². The molecule has 0 radical (unpaired) electrons. The van der Waals surface area contributed by atoms with Crippen molar-refractivity contribution in [2.45, 2.75) is 0 Å². The number of para-hydroxylation sites is 2. The van der Waals surface area contributed by atoms with Gasteiger partial charge in [0.05, 0.1) is 11.0 Å². The first-order valence-electron chi connectivity index (χ1n) is 21.8. The van der Waals surface area contributed by atoms with Crippen LogP contribution in [0, 0.1) is 0 Å². The van der Waals surface area contributed by atoms with Gasteiger partial charge in [0.1, 0.15) is 5.82 Å². The topological polar surface area (TPSA) is 21.1 Å². The van der Waals surface area contributed by atoms with Crippen molar-refractivity contribution in [1.29, 1.82) is 0 Å². The number of nitrogens with zero attached hydrogens (tertiary/aromatic N) is 3. The normalized spacial score (nSPS) is 11.1. The van der Waals surface area contributed by atoms with Crippen molar-refractivity contribution in [3.63, 3.8) is 0 Å². The Morgan fingerprint density at radius 3 is 1.23 bits per heavy atom. The molecule has 0 saturated heterocycles. The third kappa shape index (κ3) is 7.57. The number of fused-ring (bicyclic) bond motifs is 1. The molecule has 0 unspecified atom stereocenters. The second kappa shape index (κ2) is 17.1. The van der Waals surface area contributed by atoms with E-state index in [1.165, 1.54) is 22.3 Å². The molecule has 3 heteroatoms. The van der Waals surface area contributed by atoms with Crippen molar-refractivity contribution in [3.8, 4) is 72.7 Å². The van der Waals surface area contributed by atoms with E-state index >= 15 is 0 Å². The molecule has 0 aliphatic rings. The number of hydrogen-bond acceptors (Lipinski definition) is 2. The van der Waals surface area contributed by atoms with E-state index in [9.17, 15) is 0 Å². The van der Waals surface area contributed by atoms with E-state index in [4.69, 9.17) is 4.98 Å². The third-order valence-electron chi connectivity index (χ3n) is 12.0. The van der Waals surface area contributed by atoms with E-state index in [0.717, 1.165) is 78.6 Å². The molecular weight excluding hydrogens is 775 g/mol. The van der Waals surface area contributed by atoms with Crippen molar-refractivity contribution in [3.05, 3.63) is 261 Å². The van der Waals surface area contributed by atoms with Crippen molar-refractivity contribution >= 4 is 28.1 Å². The number of aromatic nitrogens is 2. The minimum atomic E-state index is 0.922. The molecule has 0 atom stereocenters. The Kier molecular flexibility index (Phi) is 10.3. The first kappa shape index (κ1) is 38.4. The van der Waals surface area contributed by atoms with Gasteiger partial charge >= 0.3 is 0 Å². The molecule has 11 aromatic rings. The van der Waals surface area contributed by atoms with Crippen LogP contribution in [0.2, 0.25) is 0 Å². The van der Waals surface area contributed by atoms with Crippen LogP contribution in [0.5, 0.6) is 0 Å². The van der Waals surface area contributed by atoms with Crippen LogP contribution in [0.1, 0.15) is 0 Å². The Morgan fingerprint density at radius 1 is 0.281 bits per heavy atom. The van der Waals surface area contributed by atoms with Gasteiger partial charge in [-0.15, -0.1) is 0 Å². The van der Waals surface area contributed by atoms with Gasteiger partial charge in [-0.1, -0.05) is 194 Å². The Morgan fingerprint density at radius 2 is 0.688 bits per heavy atom. The first-order valence-corrected chi connectivity index (χ1v) is 21.8. The van der Waals surface area contributed by atoms with Crippen LogP contribution >= 0.6 is 0 Å². The zero-order chi connectivity index (χ0) is 42.7. The van der Waals surface area contributed by atoms with E-state index in [1.54, 1.807) is 0 Å². The van der Waals surface area contributed by atoms with Crippen LogP contribution in [0.15, 0.2) is 261 Å². The summed E-state index contributed by atoms with van der Waals surface area (Å²) in [5, 5.41) is 0. The highest BCUT2D eigenvalue weighted by Gasteiger charge is 2.20. The lowest BCUT2D eigenvalue weighted by molar-refractivity contribution is 1.10. The predicted octanol–water partition coefficient (Wildman–Crippen LogP) is 16.5. The maximum atomic E-state index is 5.23. The summed E-state index contributed by atoms with van der Waals surface area (Å²) in [4.78, 5) is 7.60. The largest absolute Gasteiger partial charge is 0.310 e. The highest BCUT2D eigenvalue weighted by molar-refractivity contribution is 5.97. The molecule has 3 nitrogen and oxygen atoms in total. The van der Waals surface area contributed by atoms with Gasteiger partial charge in [-0.25, -0.2) is 4.98 Å². The quantitative estimate of drug-likeness (QED) is 0.137. The molecule has 0 bridgehead atoms. The molecule has 0 N–H and O–H groups in total. The van der Waals surface area contributed by atoms with Crippen LogP contribution in [0.3, 0.4) is 0 Å². The van der Waals surface area contributed by atoms with E-state index in [0.29, 0.717) is 0 Å². The third-order valence-corrected chi connectivity index (χ3v) is 12.0. The fourth-order valence-corrected chi connectivity index (χ4v) is 8.85. The predicted molar refractivity (Wildman–Crippen MR) is 268 cm³/mol. The van der Waals surface area contributed by atoms with Gasteiger partial charge in [0.2, 0.25) is 0 Å². The number of hydrogen-bond donors (Lipinski definition) is 0. The lowest BCUT2D eigenvalue weighted by Gasteiger charge is -2.27. The summed E-state index contributed by atoms with van der Waals surface area (Å²) in [6, 6.07) is 93.1. The summed E-state index contributed by atoms with van der Waals surface area (Å²) in [6.45, 7) is 0. The molecule has 0 aliphatic carbocycles. The molecule has 0 aliphatic heterocycles. The number of rotatable bonds is 10. The number of benzene rings is 10. The molecule has 1 heterocycles. The maximum Gasteiger partial charge on any atom is 0.145 e. The van der Waals surface area contributed by atoms with E-state index in [-0.39, 0.29) is 0 Å². The first-order chi connectivity index (χ1) is 31.7. The highest BCUT2D eigenvalue weighted by atomic mass is 15.1. The van der Waals surface area contributed by atoms with Crippen molar-refractivity contribution < 1.29 is 0 Å². The Bertz CT molecular complexity index is 3270. The Balaban J connectivity index is 1.02. The fourth-order valence-electron chi connectivity index (χ4n) is 8.85. The molecule has 10 aromatic carbocycles. The lowest BCUT2D eigenvalue weighted by atomic mass is 9.96. The molecule has 11 rings (SSSR count). The second-order valence-corrected chi connectivity index (χ2v) is 16.0. The highest BCUT2D eigenvalue weighted by Crippen LogP contribution is 2.42. The second-order valence-electron chi connectivity index (χ2n) is 16.0. The van der Waals surface area contributed by atoms with E-state index in [1.807, 2.05) is 0 Å². The molecule has 0 spiro atoms. The van der Waals surface area contributed by atoms with Crippen LogP contribution in [0.4, 0.5) is 17.1 Å². The van der Waals surface area contributed by atoms with E-state index in [2.05, 4.69) is 270 Å². The molecule has 302 valence electrons. The van der Waals surface area contributed by atoms with Crippen LogP contribution in [-0.2, 0) is 0 Å². The van der Waals surface area contributed by atoms with Gasteiger partial charge < -0.3 is 4.90 Å². The van der Waals surface area contributed by atoms with Crippen LogP contribution < -0.4 is 4.90 Å².